The van der Waals surface area contributed by atoms with E-state index in [2.05, 4.69) is 15.2 Å². The molecule has 0 aromatic carbocycles. The summed E-state index contributed by atoms with van der Waals surface area (Å²) in [5.74, 6) is -0.710. The second kappa shape index (κ2) is 6.16. The zero-order chi connectivity index (χ0) is 20.1. The molecule has 11 nitrogen and oxygen atoms in total. The van der Waals surface area contributed by atoms with Crippen molar-refractivity contribution in [3.05, 3.63) is 41.8 Å². The van der Waals surface area contributed by atoms with Gasteiger partial charge in [-0.25, -0.2) is 9.67 Å². The summed E-state index contributed by atoms with van der Waals surface area (Å²) in [5.41, 5.74) is 10.1. The zero-order valence-electron chi connectivity index (χ0n) is 14.9. The van der Waals surface area contributed by atoms with Gasteiger partial charge in [0.05, 0.1) is 5.69 Å². The molecule has 11 heteroatoms. The van der Waals surface area contributed by atoms with Crippen LogP contribution in [0.3, 0.4) is 0 Å². The Bertz CT molecular complexity index is 1090. The van der Waals surface area contributed by atoms with Crippen molar-refractivity contribution in [2.45, 2.75) is 12.0 Å². The molecule has 4 heterocycles. The van der Waals surface area contributed by atoms with Crippen molar-refractivity contribution in [2.75, 3.05) is 19.3 Å². The predicted octanol–water partition coefficient (Wildman–Crippen LogP) is -0.347. The number of hydrogen-bond donors (Lipinski definition) is 3. The van der Waals surface area contributed by atoms with Crippen LogP contribution < -0.4 is 11.5 Å². The number of likely N-dealkylation sites (N-methyl/N-ethyl adjacent to an activating group) is 1. The van der Waals surface area contributed by atoms with Crippen LogP contribution in [0, 0.1) is 0 Å². The van der Waals surface area contributed by atoms with Gasteiger partial charge in [-0.15, -0.1) is 5.10 Å². The molecular formula is C17H17N7O4. The number of primary amides is 1. The Hall–Kier alpha value is -3.73. The number of pyridine rings is 1. The number of nitrogen functional groups attached to an aromatic ring is 1. The van der Waals surface area contributed by atoms with Gasteiger partial charge in [0, 0.05) is 32.3 Å². The van der Waals surface area contributed by atoms with Crippen molar-refractivity contribution in [1.29, 1.82) is 0 Å². The van der Waals surface area contributed by atoms with Crippen molar-refractivity contribution >= 4 is 17.6 Å². The van der Waals surface area contributed by atoms with Gasteiger partial charge in [-0.2, -0.15) is 0 Å². The highest BCUT2D eigenvalue weighted by atomic mass is 16.5. The van der Waals surface area contributed by atoms with E-state index < -0.39 is 17.4 Å². The largest absolute Gasteiger partial charge is 0.382 e. The van der Waals surface area contributed by atoms with Gasteiger partial charge in [0.2, 0.25) is 5.60 Å². The zero-order valence-corrected chi connectivity index (χ0v) is 14.9. The van der Waals surface area contributed by atoms with Gasteiger partial charge >= 0.3 is 0 Å². The van der Waals surface area contributed by atoms with Gasteiger partial charge in [-0.05, 0) is 12.1 Å². The van der Waals surface area contributed by atoms with E-state index in [0.29, 0.717) is 23.8 Å². The number of hydrogen-bond acceptors (Lipinski definition) is 8. The number of carbonyl (C=O) groups is 2. The Morgan fingerprint density at radius 1 is 1.36 bits per heavy atom. The molecular weight excluding hydrogens is 366 g/mol. The SMILES string of the molecule is CN1CCC(O)(c2cc(-c3cccc(-n4cc(C(N)=O)c(N)n4)n3)no2)C1=O. The van der Waals surface area contributed by atoms with Crippen molar-refractivity contribution in [3.8, 4) is 17.2 Å². The molecule has 2 amide bonds. The molecule has 1 aliphatic heterocycles. The Balaban J connectivity index is 1.68. The molecule has 0 saturated carbocycles. The average molecular weight is 383 g/mol. The predicted molar refractivity (Wildman–Crippen MR) is 95.9 cm³/mol. The number of nitrogens with zero attached hydrogens (tertiary/aromatic N) is 5. The van der Waals surface area contributed by atoms with Crippen LogP contribution in [-0.2, 0) is 10.4 Å². The molecule has 1 atom stereocenters. The molecule has 0 bridgehead atoms. The van der Waals surface area contributed by atoms with Crippen LogP contribution in [-0.4, -0.2) is 55.3 Å². The monoisotopic (exact) mass is 383 g/mol. The minimum Gasteiger partial charge on any atom is -0.382 e. The minimum absolute atomic E-state index is 0.00508. The van der Waals surface area contributed by atoms with E-state index in [9.17, 15) is 14.7 Å². The van der Waals surface area contributed by atoms with Crippen LogP contribution in [0.15, 0.2) is 35.0 Å². The molecule has 28 heavy (non-hydrogen) atoms. The molecule has 1 saturated heterocycles. The van der Waals surface area contributed by atoms with Crippen LogP contribution in [0.25, 0.3) is 17.2 Å². The number of rotatable bonds is 4. The fourth-order valence-corrected chi connectivity index (χ4v) is 3.06. The molecule has 4 rings (SSSR count). The highest BCUT2D eigenvalue weighted by Gasteiger charge is 2.48. The van der Waals surface area contributed by atoms with Gasteiger partial charge in [0.25, 0.3) is 11.8 Å². The molecule has 5 N–H and O–H groups in total. The summed E-state index contributed by atoms with van der Waals surface area (Å²) in [6.07, 6.45) is 1.60. The van der Waals surface area contributed by atoms with Crippen LogP contribution in [0.5, 0.6) is 0 Å². The first-order valence-corrected chi connectivity index (χ1v) is 8.37. The number of likely N-dealkylation sites (tertiary alicyclic amines) is 1. The van der Waals surface area contributed by atoms with Gasteiger partial charge in [0.1, 0.15) is 11.3 Å². The first-order valence-electron chi connectivity index (χ1n) is 8.37. The second-order valence-corrected chi connectivity index (χ2v) is 6.53. The van der Waals surface area contributed by atoms with E-state index in [4.69, 9.17) is 16.0 Å². The topological polar surface area (TPSA) is 166 Å². The molecule has 3 aromatic heterocycles. The lowest BCUT2D eigenvalue weighted by Crippen LogP contribution is -2.35. The van der Waals surface area contributed by atoms with Crippen LogP contribution in [0.1, 0.15) is 22.5 Å². The molecule has 0 spiro atoms. The Morgan fingerprint density at radius 2 is 2.14 bits per heavy atom. The molecule has 1 aliphatic rings. The van der Waals surface area contributed by atoms with E-state index in [0.717, 1.165) is 0 Å². The Kier molecular flexibility index (Phi) is 3.89. The van der Waals surface area contributed by atoms with E-state index in [-0.39, 0.29) is 23.6 Å². The molecule has 1 fully saturated rings. The van der Waals surface area contributed by atoms with Gasteiger partial charge in [0.15, 0.2) is 17.4 Å². The van der Waals surface area contributed by atoms with Gasteiger partial charge in [-0.1, -0.05) is 11.2 Å². The number of aliphatic hydroxyl groups is 1. The first kappa shape index (κ1) is 17.7. The van der Waals surface area contributed by atoms with Gasteiger partial charge < -0.3 is 26.0 Å². The second-order valence-electron chi connectivity index (χ2n) is 6.53. The van der Waals surface area contributed by atoms with Crippen molar-refractivity contribution < 1.29 is 19.2 Å². The van der Waals surface area contributed by atoms with Crippen molar-refractivity contribution in [1.82, 2.24) is 24.8 Å². The lowest BCUT2D eigenvalue weighted by Gasteiger charge is -2.16. The minimum atomic E-state index is -1.73. The standard InChI is InChI=1S/C17H17N7O4/c1-23-6-5-17(27,16(23)26)12-7-11(22-28-12)10-3-2-4-13(20-10)24-8-9(15(19)25)14(18)21-24/h2-4,7-8,27H,5-6H2,1H3,(H2,18,21)(H2,19,25). The van der Waals surface area contributed by atoms with Crippen molar-refractivity contribution in [2.24, 2.45) is 5.73 Å². The third-order valence-corrected chi connectivity index (χ3v) is 4.67. The summed E-state index contributed by atoms with van der Waals surface area (Å²) < 4.78 is 6.56. The van der Waals surface area contributed by atoms with Crippen LogP contribution in [0.2, 0.25) is 0 Å². The van der Waals surface area contributed by atoms with E-state index >= 15 is 0 Å². The van der Waals surface area contributed by atoms with E-state index in [1.54, 1.807) is 25.2 Å². The van der Waals surface area contributed by atoms with E-state index in [1.807, 2.05) is 0 Å². The Labute approximate surface area is 158 Å². The lowest BCUT2D eigenvalue weighted by molar-refractivity contribution is -0.144. The number of nitrogens with two attached hydrogens (primary N) is 2. The first-order chi connectivity index (χ1) is 13.3. The molecule has 1 unspecified atom stereocenters. The third kappa shape index (κ3) is 2.68. The Morgan fingerprint density at radius 3 is 2.79 bits per heavy atom. The highest BCUT2D eigenvalue weighted by Crippen LogP contribution is 2.34. The van der Waals surface area contributed by atoms with Crippen LogP contribution in [0.4, 0.5) is 5.82 Å². The number of anilines is 1. The fraction of sp³-hybridized carbons (Fsp3) is 0.235. The smallest absolute Gasteiger partial charge is 0.262 e. The summed E-state index contributed by atoms with van der Waals surface area (Å²) in [5, 5.41) is 18.6. The average Bonchev–Trinajstić information content (AvgIpc) is 3.38. The lowest BCUT2D eigenvalue weighted by atomic mass is 9.98. The summed E-state index contributed by atoms with van der Waals surface area (Å²) in [6, 6.07) is 6.52. The molecule has 0 aliphatic carbocycles. The van der Waals surface area contributed by atoms with Gasteiger partial charge in [-0.3, -0.25) is 9.59 Å². The maximum absolute atomic E-state index is 12.2. The summed E-state index contributed by atoms with van der Waals surface area (Å²) >= 11 is 0. The summed E-state index contributed by atoms with van der Waals surface area (Å²) in [6.45, 7) is 0.419. The molecule has 0 radical (unpaired) electrons. The maximum Gasteiger partial charge on any atom is 0.262 e. The molecule has 3 aromatic rings. The van der Waals surface area contributed by atoms with E-state index in [1.165, 1.54) is 21.8 Å². The highest BCUT2D eigenvalue weighted by molar-refractivity contribution is 5.97. The summed E-state index contributed by atoms with van der Waals surface area (Å²) in [7, 11) is 1.61. The normalized spacial score (nSPS) is 19.4. The van der Waals surface area contributed by atoms with Crippen LogP contribution >= 0.6 is 0 Å². The number of aromatic nitrogens is 4. The fourth-order valence-electron chi connectivity index (χ4n) is 3.06. The molecule has 144 valence electrons. The summed E-state index contributed by atoms with van der Waals surface area (Å²) in [4.78, 5) is 29.4. The third-order valence-electron chi connectivity index (χ3n) is 4.67. The quantitative estimate of drug-likeness (QED) is 0.550. The number of carbonyl (C=O) groups excluding carboxylic acids is 2. The van der Waals surface area contributed by atoms with Crippen molar-refractivity contribution in [3.63, 3.8) is 0 Å². The number of amides is 2. The maximum atomic E-state index is 12.2.